The molecule has 0 radical (unpaired) electrons. The van der Waals surface area contributed by atoms with Crippen LogP contribution < -0.4 is 4.90 Å². The van der Waals surface area contributed by atoms with Gasteiger partial charge in [-0.05, 0) is 43.7 Å². The summed E-state index contributed by atoms with van der Waals surface area (Å²) in [5.74, 6) is -0.0678. The van der Waals surface area contributed by atoms with Crippen LogP contribution in [0.1, 0.15) is 34.7 Å². The summed E-state index contributed by atoms with van der Waals surface area (Å²) in [6.45, 7) is 4.52. The highest BCUT2D eigenvalue weighted by Crippen LogP contribution is 2.32. The van der Waals surface area contributed by atoms with Crippen molar-refractivity contribution in [2.75, 3.05) is 11.4 Å². The van der Waals surface area contributed by atoms with Crippen molar-refractivity contribution in [2.45, 2.75) is 26.5 Å². The van der Waals surface area contributed by atoms with E-state index in [1.54, 1.807) is 28.0 Å². The average molecular weight is 348 g/mol. The lowest BCUT2D eigenvalue weighted by atomic mass is 10.0. The molecule has 3 aromatic rings. The van der Waals surface area contributed by atoms with Gasteiger partial charge in [0.15, 0.2) is 0 Å². The number of aromatic nitrogens is 3. The number of hydrogen-bond acceptors (Lipinski definition) is 4. The minimum Gasteiger partial charge on any atom is -0.390 e. The van der Waals surface area contributed by atoms with Crippen molar-refractivity contribution in [1.29, 1.82) is 0 Å². The summed E-state index contributed by atoms with van der Waals surface area (Å²) in [4.78, 5) is 19.2. The van der Waals surface area contributed by atoms with E-state index in [0.717, 1.165) is 22.4 Å². The van der Waals surface area contributed by atoms with Crippen LogP contribution in [0.25, 0.3) is 11.1 Å². The summed E-state index contributed by atoms with van der Waals surface area (Å²) in [5, 5.41) is 13.8. The predicted octanol–water partition coefficient (Wildman–Crippen LogP) is 2.97. The molecule has 6 heteroatoms. The molecule has 4 rings (SSSR count). The summed E-state index contributed by atoms with van der Waals surface area (Å²) in [6.07, 6.45) is 3.36. The van der Waals surface area contributed by atoms with Crippen LogP contribution in [0, 0.1) is 6.92 Å². The monoisotopic (exact) mass is 348 g/mol. The standard InChI is InChI=1S/C20H20N4O2/c1-13-3-5-17(6-4-13)23-11-14(2)24-19(20(23)26)18(10-22-24)15-7-8-21-16(9-15)12-25/h3-10,14,25H,11-12H2,1-2H3/t14-/m0/s1. The van der Waals surface area contributed by atoms with Crippen LogP contribution in [0.4, 0.5) is 5.69 Å². The Labute approximate surface area is 151 Å². The number of carbonyl (C=O) groups is 1. The van der Waals surface area contributed by atoms with Crippen LogP contribution in [-0.4, -0.2) is 32.3 Å². The zero-order valence-corrected chi connectivity index (χ0v) is 14.8. The third-order valence-electron chi connectivity index (χ3n) is 4.74. The number of amides is 1. The Morgan fingerprint density at radius 1 is 1.23 bits per heavy atom. The van der Waals surface area contributed by atoms with Crippen molar-refractivity contribution >= 4 is 11.6 Å². The predicted molar refractivity (Wildman–Crippen MR) is 98.9 cm³/mol. The van der Waals surface area contributed by atoms with Crippen LogP contribution in [-0.2, 0) is 6.61 Å². The SMILES string of the molecule is Cc1ccc(N2C[C@H](C)n3ncc(-c4ccnc(CO)c4)c3C2=O)cc1. The van der Waals surface area contributed by atoms with Crippen LogP contribution in [0.5, 0.6) is 0 Å². The average Bonchev–Trinajstić information content (AvgIpc) is 3.11. The Balaban J connectivity index is 1.80. The summed E-state index contributed by atoms with van der Waals surface area (Å²) in [5.41, 5.74) is 4.77. The molecular weight excluding hydrogens is 328 g/mol. The number of carbonyl (C=O) groups excluding carboxylic acids is 1. The van der Waals surface area contributed by atoms with Gasteiger partial charge in [0.1, 0.15) is 5.69 Å². The third-order valence-corrected chi connectivity index (χ3v) is 4.74. The maximum absolute atomic E-state index is 13.3. The molecule has 1 aliphatic heterocycles. The summed E-state index contributed by atoms with van der Waals surface area (Å²) in [7, 11) is 0. The molecule has 0 saturated carbocycles. The number of hydrogen-bond donors (Lipinski definition) is 1. The summed E-state index contributed by atoms with van der Waals surface area (Å²) >= 11 is 0. The van der Waals surface area contributed by atoms with Gasteiger partial charge in [0.25, 0.3) is 5.91 Å². The fourth-order valence-corrected chi connectivity index (χ4v) is 3.35. The topological polar surface area (TPSA) is 71.2 Å². The molecule has 1 aromatic carbocycles. The molecule has 0 unspecified atom stereocenters. The zero-order valence-electron chi connectivity index (χ0n) is 14.8. The van der Waals surface area contributed by atoms with Crippen LogP contribution >= 0.6 is 0 Å². The van der Waals surface area contributed by atoms with E-state index >= 15 is 0 Å². The van der Waals surface area contributed by atoms with E-state index < -0.39 is 0 Å². The van der Waals surface area contributed by atoms with E-state index in [-0.39, 0.29) is 18.6 Å². The molecule has 3 heterocycles. The van der Waals surface area contributed by atoms with Crippen molar-refractivity contribution in [3.05, 3.63) is 65.7 Å². The second kappa shape index (κ2) is 6.38. The van der Waals surface area contributed by atoms with Gasteiger partial charge < -0.3 is 10.0 Å². The van der Waals surface area contributed by atoms with Crippen molar-refractivity contribution in [3.8, 4) is 11.1 Å². The summed E-state index contributed by atoms with van der Waals surface area (Å²) < 4.78 is 1.79. The number of rotatable bonds is 3. The molecule has 132 valence electrons. The van der Waals surface area contributed by atoms with Gasteiger partial charge in [-0.3, -0.25) is 14.5 Å². The Bertz CT molecular complexity index is 962. The first kappa shape index (κ1) is 16.5. The molecule has 1 atom stereocenters. The van der Waals surface area contributed by atoms with E-state index in [1.165, 1.54) is 0 Å². The lowest BCUT2D eigenvalue weighted by Crippen LogP contribution is -2.42. The molecule has 2 aromatic heterocycles. The molecule has 0 fully saturated rings. The van der Waals surface area contributed by atoms with E-state index in [2.05, 4.69) is 17.0 Å². The number of pyridine rings is 1. The molecule has 1 amide bonds. The molecule has 0 aliphatic carbocycles. The van der Waals surface area contributed by atoms with E-state index in [9.17, 15) is 9.90 Å². The van der Waals surface area contributed by atoms with Crippen LogP contribution in [0.3, 0.4) is 0 Å². The zero-order chi connectivity index (χ0) is 18.3. The van der Waals surface area contributed by atoms with Gasteiger partial charge in [-0.25, -0.2) is 0 Å². The molecular formula is C20H20N4O2. The van der Waals surface area contributed by atoms with Gasteiger partial charge in [-0.2, -0.15) is 5.10 Å². The van der Waals surface area contributed by atoms with Gasteiger partial charge in [0, 0.05) is 24.0 Å². The van der Waals surface area contributed by atoms with Gasteiger partial charge in [0.05, 0.1) is 24.5 Å². The minimum atomic E-state index is -0.142. The fraction of sp³-hybridized carbons (Fsp3) is 0.250. The van der Waals surface area contributed by atoms with E-state index in [0.29, 0.717) is 17.9 Å². The minimum absolute atomic E-state index is 0.0666. The van der Waals surface area contributed by atoms with Gasteiger partial charge in [-0.15, -0.1) is 0 Å². The molecule has 0 spiro atoms. The third kappa shape index (κ3) is 2.68. The Morgan fingerprint density at radius 2 is 2.00 bits per heavy atom. The van der Waals surface area contributed by atoms with E-state index in [4.69, 9.17) is 0 Å². The maximum Gasteiger partial charge on any atom is 0.277 e. The van der Waals surface area contributed by atoms with Crippen LogP contribution in [0.15, 0.2) is 48.8 Å². The van der Waals surface area contributed by atoms with Crippen molar-refractivity contribution in [1.82, 2.24) is 14.8 Å². The Morgan fingerprint density at radius 3 is 2.73 bits per heavy atom. The lowest BCUT2D eigenvalue weighted by molar-refractivity contribution is 0.0954. The fourth-order valence-electron chi connectivity index (χ4n) is 3.35. The Kier molecular flexibility index (Phi) is 4.05. The number of aliphatic hydroxyl groups excluding tert-OH is 1. The smallest absolute Gasteiger partial charge is 0.277 e. The highest BCUT2D eigenvalue weighted by molar-refractivity contribution is 6.09. The largest absolute Gasteiger partial charge is 0.390 e. The normalized spacial score (nSPS) is 16.7. The van der Waals surface area contributed by atoms with Crippen LogP contribution in [0.2, 0.25) is 0 Å². The second-order valence-corrected chi connectivity index (χ2v) is 6.65. The first-order valence-electron chi connectivity index (χ1n) is 8.60. The number of aryl methyl sites for hydroxylation is 1. The quantitative estimate of drug-likeness (QED) is 0.790. The maximum atomic E-state index is 13.3. The molecule has 0 saturated heterocycles. The Hall–Kier alpha value is -2.99. The molecule has 26 heavy (non-hydrogen) atoms. The molecule has 1 N–H and O–H groups in total. The number of nitrogens with zero attached hydrogens (tertiary/aromatic N) is 4. The number of anilines is 1. The first-order valence-corrected chi connectivity index (χ1v) is 8.60. The van der Waals surface area contributed by atoms with Crippen molar-refractivity contribution < 1.29 is 9.90 Å². The molecule has 1 aliphatic rings. The molecule has 6 nitrogen and oxygen atoms in total. The van der Waals surface area contributed by atoms with Gasteiger partial charge >= 0.3 is 0 Å². The molecule has 0 bridgehead atoms. The number of aliphatic hydroxyl groups is 1. The lowest BCUT2D eigenvalue weighted by Gasteiger charge is -2.32. The second-order valence-electron chi connectivity index (χ2n) is 6.65. The van der Waals surface area contributed by atoms with E-state index in [1.807, 2.05) is 37.3 Å². The first-order chi connectivity index (χ1) is 12.6. The number of benzene rings is 1. The highest BCUT2D eigenvalue weighted by atomic mass is 16.3. The van der Waals surface area contributed by atoms with Gasteiger partial charge in [0.2, 0.25) is 0 Å². The highest BCUT2D eigenvalue weighted by Gasteiger charge is 2.33. The summed E-state index contributed by atoms with van der Waals surface area (Å²) in [6, 6.07) is 11.7. The van der Waals surface area contributed by atoms with Gasteiger partial charge in [-0.1, -0.05) is 17.7 Å². The van der Waals surface area contributed by atoms with Crippen molar-refractivity contribution in [3.63, 3.8) is 0 Å². The van der Waals surface area contributed by atoms with Crippen molar-refractivity contribution in [2.24, 2.45) is 0 Å². The number of fused-ring (bicyclic) bond motifs is 1.